The van der Waals surface area contributed by atoms with Crippen molar-refractivity contribution in [3.8, 4) is 0 Å². The molecule has 2 atom stereocenters. The Labute approximate surface area is 159 Å². The van der Waals surface area contributed by atoms with Gasteiger partial charge in [0, 0.05) is 28.3 Å². The zero-order chi connectivity index (χ0) is 17.7. The number of rotatable bonds is 1. The summed E-state index contributed by atoms with van der Waals surface area (Å²) in [6.45, 7) is 4.53. The van der Waals surface area contributed by atoms with Crippen molar-refractivity contribution in [2.24, 2.45) is 4.99 Å². The predicted octanol–water partition coefficient (Wildman–Crippen LogP) is 5.81. The maximum absolute atomic E-state index is 4.95. The second-order valence-corrected chi connectivity index (χ2v) is 8.41. The van der Waals surface area contributed by atoms with Gasteiger partial charge < -0.3 is 4.90 Å². The van der Waals surface area contributed by atoms with Crippen LogP contribution in [0.4, 0.5) is 11.4 Å². The molecule has 0 amide bonds. The van der Waals surface area contributed by atoms with Gasteiger partial charge in [0.05, 0.1) is 11.4 Å². The molecule has 3 aliphatic heterocycles. The standard InChI is InChI=1S/C22H23N3S/c1-15-11-13-21(23-15)24-16(2)12-14-22(24)25-17-7-3-5-9-19(17)26-20-10-6-4-8-18(20)25/h3-10,14-16H,11-13H2,1-2H3. The van der Waals surface area contributed by atoms with Crippen LogP contribution in [0.15, 0.2) is 75.2 Å². The van der Waals surface area contributed by atoms with Gasteiger partial charge in [-0.1, -0.05) is 36.0 Å². The average Bonchev–Trinajstić information content (AvgIpc) is 3.25. The number of nitrogens with zero attached hydrogens (tertiary/aromatic N) is 3. The lowest BCUT2D eigenvalue weighted by Crippen LogP contribution is -2.39. The molecule has 0 fully saturated rings. The van der Waals surface area contributed by atoms with E-state index < -0.39 is 0 Å². The second kappa shape index (κ2) is 6.20. The van der Waals surface area contributed by atoms with Gasteiger partial charge in [0.15, 0.2) is 0 Å². The average molecular weight is 362 g/mol. The van der Waals surface area contributed by atoms with E-state index in [0.717, 1.165) is 19.3 Å². The summed E-state index contributed by atoms with van der Waals surface area (Å²) < 4.78 is 0. The maximum Gasteiger partial charge on any atom is 0.115 e. The van der Waals surface area contributed by atoms with Gasteiger partial charge in [-0.3, -0.25) is 9.89 Å². The Balaban J connectivity index is 1.64. The fraction of sp³-hybridized carbons (Fsp3) is 0.318. The quantitative estimate of drug-likeness (QED) is 0.639. The Hall–Kier alpha value is -2.20. The monoisotopic (exact) mass is 361 g/mol. The van der Waals surface area contributed by atoms with Crippen molar-refractivity contribution in [1.82, 2.24) is 4.90 Å². The summed E-state index contributed by atoms with van der Waals surface area (Å²) in [5.74, 6) is 2.52. The highest BCUT2D eigenvalue weighted by molar-refractivity contribution is 7.99. The van der Waals surface area contributed by atoms with E-state index in [-0.39, 0.29) is 0 Å². The Morgan fingerprint density at radius 3 is 2.23 bits per heavy atom. The van der Waals surface area contributed by atoms with Crippen LogP contribution in [0.1, 0.15) is 33.1 Å². The van der Waals surface area contributed by atoms with E-state index in [1.54, 1.807) is 0 Å². The molecule has 0 aliphatic carbocycles. The molecule has 4 heteroatoms. The minimum absolute atomic E-state index is 0.440. The van der Waals surface area contributed by atoms with E-state index in [1.807, 2.05) is 11.8 Å². The van der Waals surface area contributed by atoms with Crippen molar-refractivity contribution in [2.75, 3.05) is 4.90 Å². The molecule has 3 aliphatic rings. The summed E-state index contributed by atoms with van der Waals surface area (Å²) in [5.41, 5.74) is 2.54. The summed E-state index contributed by atoms with van der Waals surface area (Å²) in [4.78, 5) is 12.5. The van der Waals surface area contributed by atoms with Gasteiger partial charge in [-0.15, -0.1) is 0 Å². The summed E-state index contributed by atoms with van der Waals surface area (Å²) in [5, 5.41) is 0. The smallest absolute Gasteiger partial charge is 0.115 e. The van der Waals surface area contributed by atoms with Gasteiger partial charge in [0.25, 0.3) is 0 Å². The van der Waals surface area contributed by atoms with Gasteiger partial charge in [-0.25, -0.2) is 0 Å². The van der Waals surface area contributed by atoms with Crippen LogP contribution >= 0.6 is 11.8 Å². The number of anilines is 2. The zero-order valence-electron chi connectivity index (χ0n) is 15.2. The molecular formula is C22H23N3S. The molecule has 2 aromatic carbocycles. The third kappa shape index (κ3) is 2.47. The maximum atomic E-state index is 4.95. The van der Waals surface area contributed by atoms with E-state index in [9.17, 15) is 0 Å². The Morgan fingerprint density at radius 1 is 0.962 bits per heavy atom. The summed E-state index contributed by atoms with van der Waals surface area (Å²) >= 11 is 1.86. The molecule has 5 rings (SSSR count). The van der Waals surface area contributed by atoms with Crippen molar-refractivity contribution in [1.29, 1.82) is 0 Å². The predicted molar refractivity (Wildman–Crippen MR) is 109 cm³/mol. The van der Waals surface area contributed by atoms with Crippen LogP contribution in [0.2, 0.25) is 0 Å². The molecule has 3 nitrogen and oxygen atoms in total. The van der Waals surface area contributed by atoms with E-state index in [2.05, 4.69) is 78.3 Å². The number of benzene rings is 2. The van der Waals surface area contributed by atoms with Crippen molar-refractivity contribution < 1.29 is 0 Å². The highest BCUT2D eigenvalue weighted by atomic mass is 32.2. The topological polar surface area (TPSA) is 18.8 Å². The molecule has 2 unspecified atom stereocenters. The number of para-hydroxylation sites is 2. The molecule has 0 N–H and O–H groups in total. The van der Waals surface area contributed by atoms with Crippen molar-refractivity contribution in [2.45, 2.75) is 55.0 Å². The number of hydrogen-bond donors (Lipinski definition) is 0. The number of amidine groups is 1. The normalized spacial score (nSPS) is 24.2. The second-order valence-electron chi connectivity index (χ2n) is 7.32. The molecule has 0 bridgehead atoms. The lowest BCUT2D eigenvalue weighted by Gasteiger charge is -2.39. The van der Waals surface area contributed by atoms with Crippen molar-refractivity contribution in [3.63, 3.8) is 0 Å². The first-order valence-corrected chi connectivity index (χ1v) is 10.3. The lowest BCUT2D eigenvalue weighted by molar-refractivity contribution is 0.425. The van der Waals surface area contributed by atoms with Crippen LogP contribution in [0.5, 0.6) is 0 Å². The zero-order valence-corrected chi connectivity index (χ0v) is 16.0. The molecule has 0 spiro atoms. The SMILES string of the molecule is CC1CCC(N2C(N3c4ccccc4Sc4ccccc43)=CCC2C)=N1. The molecule has 0 saturated carbocycles. The van der Waals surface area contributed by atoms with E-state index in [4.69, 9.17) is 4.99 Å². The molecule has 132 valence electrons. The van der Waals surface area contributed by atoms with Crippen LogP contribution in [-0.2, 0) is 0 Å². The molecule has 3 heterocycles. The van der Waals surface area contributed by atoms with Crippen LogP contribution in [0.3, 0.4) is 0 Å². The van der Waals surface area contributed by atoms with Crippen LogP contribution in [0, 0.1) is 0 Å². The molecule has 0 aromatic heterocycles. The van der Waals surface area contributed by atoms with Gasteiger partial charge in [-0.2, -0.15) is 0 Å². The first-order valence-electron chi connectivity index (χ1n) is 9.44. The third-order valence-electron chi connectivity index (χ3n) is 5.42. The van der Waals surface area contributed by atoms with Gasteiger partial charge in [0.2, 0.25) is 0 Å². The summed E-state index contributed by atoms with van der Waals surface area (Å²) in [6.07, 6.45) is 5.69. The highest BCUT2D eigenvalue weighted by Crippen LogP contribution is 2.51. The minimum atomic E-state index is 0.440. The first-order chi connectivity index (χ1) is 12.7. The van der Waals surface area contributed by atoms with Crippen molar-refractivity contribution >= 4 is 29.0 Å². The molecule has 0 saturated heterocycles. The number of fused-ring (bicyclic) bond motifs is 2. The van der Waals surface area contributed by atoms with Crippen molar-refractivity contribution in [3.05, 3.63) is 60.4 Å². The fourth-order valence-electron chi connectivity index (χ4n) is 4.15. The first kappa shape index (κ1) is 16.0. The largest absolute Gasteiger partial charge is 0.313 e. The third-order valence-corrected chi connectivity index (χ3v) is 6.55. The van der Waals surface area contributed by atoms with E-state index >= 15 is 0 Å². The van der Waals surface area contributed by atoms with Crippen LogP contribution in [-0.4, -0.2) is 22.8 Å². The fourth-order valence-corrected chi connectivity index (χ4v) is 5.20. The Bertz CT molecular complexity index is 872. The molecule has 26 heavy (non-hydrogen) atoms. The highest BCUT2D eigenvalue weighted by Gasteiger charge is 2.36. The van der Waals surface area contributed by atoms with Gasteiger partial charge >= 0.3 is 0 Å². The van der Waals surface area contributed by atoms with E-state index in [1.165, 1.54) is 32.8 Å². The van der Waals surface area contributed by atoms with Gasteiger partial charge in [-0.05, 0) is 57.0 Å². The van der Waals surface area contributed by atoms with Crippen LogP contribution in [0.25, 0.3) is 0 Å². The molecule has 0 radical (unpaired) electrons. The minimum Gasteiger partial charge on any atom is -0.313 e. The molecular weight excluding hydrogens is 338 g/mol. The number of aliphatic imine (C=N–C) groups is 1. The van der Waals surface area contributed by atoms with Crippen LogP contribution < -0.4 is 4.90 Å². The summed E-state index contributed by atoms with van der Waals surface area (Å²) in [7, 11) is 0. The Kier molecular flexibility index (Phi) is 3.82. The summed E-state index contributed by atoms with van der Waals surface area (Å²) in [6, 6.07) is 18.4. The molecule has 2 aromatic rings. The lowest BCUT2D eigenvalue weighted by atomic mass is 10.2. The van der Waals surface area contributed by atoms with Gasteiger partial charge in [0.1, 0.15) is 11.7 Å². The Morgan fingerprint density at radius 2 is 1.62 bits per heavy atom. The van der Waals surface area contributed by atoms with E-state index in [0.29, 0.717) is 12.1 Å². The number of hydrogen-bond acceptors (Lipinski definition) is 4.